The van der Waals surface area contributed by atoms with Crippen molar-refractivity contribution in [3.8, 4) is 0 Å². The van der Waals surface area contributed by atoms with Crippen molar-refractivity contribution in [1.29, 1.82) is 0 Å². The molecule has 1 aromatic carbocycles. The van der Waals surface area contributed by atoms with E-state index >= 15 is 0 Å². The van der Waals surface area contributed by atoms with Gasteiger partial charge in [-0.05, 0) is 35.6 Å². The number of hydrogen-bond donors (Lipinski definition) is 0. The number of aromatic nitrogens is 2. The van der Waals surface area contributed by atoms with E-state index in [-0.39, 0.29) is 5.91 Å². The van der Waals surface area contributed by atoms with Gasteiger partial charge in [0.05, 0.1) is 6.42 Å². The number of oxazole rings is 1. The number of rotatable bonds is 4. The predicted molar refractivity (Wildman–Crippen MR) is 110 cm³/mol. The summed E-state index contributed by atoms with van der Waals surface area (Å²) in [5.74, 6) is 0.676. The highest BCUT2D eigenvalue weighted by Crippen LogP contribution is 2.22. The normalized spacial score (nSPS) is 14.9. The standard InChI is InChI=1S/C22H26N4O2/c1-15(2)18-6-4-17(5-7-18)13-20(27)25-8-10-26(11-9-25)22-24-21-19(28-22)12-16(3)14-23-21/h4-7,12,14-15H,8-11,13H2,1-3H3. The van der Waals surface area contributed by atoms with Gasteiger partial charge in [-0.2, -0.15) is 4.98 Å². The Labute approximate surface area is 165 Å². The Bertz CT molecular complexity index is 970. The molecule has 1 saturated heterocycles. The Hall–Kier alpha value is -2.89. The Morgan fingerprint density at radius 3 is 2.54 bits per heavy atom. The summed E-state index contributed by atoms with van der Waals surface area (Å²) in [5, 5.41) is 0. The third kappa shape index (κ3) is 3.86. The summed E-state index contributed by atoms with van der Waals surface area (Å²) in [6, 6.07) is 10.9. The van der Waals surface area contributed by atoms with Gasteiger partial charge >= 0.3 is 0 Å². The second kappa shape index (κ2) is 7.62. The summed E-state index contributed by atoms with van der Waals surface area (Å²) in [6.07, 6.45) is 2.24. The lowest BCUT2D eigenvalue weighted by atomic mass is 10.0. The molecule has 2 aromatic heterocycles. The lowest BCUT2D eigenvalue weighted by Gasteiger charge is -2.33. The van der Waals surface area contributed by atoms with Crippen LogP contribution >= 0.6 is 0 Å². The fourth-order valence-corrected chi connectivity index (χ4v) is 3.50. The van der Waals surface area contributed by atoms with Crippen molar-refractivity contribution in [2.24, 2.45) is 0 Å². The number of piperazine rings is 1. The van der Waals surface area contributed by atoms with Crippen molar-refractivity contribution in [3.63, 3.8) is 0 Å². The van der Waals surface area contributed by atoms with Crippen LogP contribution in [-0.4, -0.2) is 47.0 Å². The molecule has 4 rings (SSSR count). The molecular formula is C22H26N4O2. The molecule has 0 bridgehead atoms. The first-order valence-corrected chi connectivity index (χ1v) is 9.84. The number of anilines is 1. The van der Waals surface area contributed by atoms with Crippen LogP contribution in [0, 0.1) is 6.92 Å². The molecule has 1 aliphatic heterocycles. The first-order valence-electron chi connectivity index (χ1n) is 9.84. The largest absolute Gasteiger partial charge is 0.422 e. The molecular weight excluding hydrogens is 352 g/mol. The molecule has 0 spiro atoms. The predicted octanol–water partition coefficient (Wildman–Crippen LogP) is 3.55. The van der Waals surface area contributed by atoms with E-state index in [1.807, 2.05) is 17.9 Å². The highest BCUT2D eigenvalue weighted by atomic mass is 16.4. The molecule has 28 heavy (non-hydrogen) atoms. The first-order chi connectivity index (χ1) is 13.5. The maximum Gasteiger partial charge on any atom is 0.300 e. The van der Waals surface area contributed by atoms with Crippen LogP contribution in [-0.2, 0) is 11.2 Å². The molecule has 0 saturated carbocycles. The molecule has 1 aliphatic rings. The van der Waals surface area contributed by atoms with Crippen LogP contribution in [0.3, 0.4) is 0 Å². The zero-order valence-electron chi connectivity index (χ0n) is 16.7. The fourth-order valence-electron chi connectivity index (χ4n) is 3.50. The summed E-state index contributed by atoms with van der Waals surface area (Å²) >= 11 is 0. The molecule has 0 atom stereocenters. The molecule has 0 unspecified atom stereocenters. The van der Waals surface area contributed by atoms with Crippen LogP contribution in [0.5, 0.6) is 0 Å². The molecule has 6 heteroatoms. The minimum absolute atomic E-state index is 0.173. The lowest BCUT2D eigenvalue weighted by molar-refractivity contribution is -0.130. The summed E-state index contributed by atoms with van der Waals surface area (Å²) in [5.41, 5.74) is 4.75. The number of carbonyl (C=O) groups excluding carboxylic acids is 1. The molecule has 0 N–H and O–H groups in total. The number of benzene rings is 1. The second-order valence-corrected chi connectivity index (χ2v) is 7.77. The summed E-state index contributed by atoms with van der Waals surface area (Å²) < 4.78 is 5.86. The van der Waals surface area contributed by atoms with Gasteiger partial charge in [0.2, 0.25) is 11.6 Å². The Morgan fingerprint density at radius 1 is 1.14 bits per heavy atom. The van der Waals surface area contributed by atoms with E-state index in [4.69, 9.17) is 4.42 Å². The number of hydrogen-bond acceptors (Lipinski definition) is 5. The van der Waals surface area contributed by atoms with E-state index < -0.39 is 0 Å². The monoisotopic (exact) mass is 378 g/mol. The van der Waals surface area contributed by atoms with E-state index in [1.54, 1.807) is 6.20 Å². The van der Waals surface area contributed by atoms with Crippen LogP contribution in [0.2, 0.25) is 0 Å². The Morgan fingerprint density at radius 2 is 1.86 bits per heavy atom. The quantitative estimate of drug-likeness (QED) is 0.695. The smallest absolute Gasteiger partial charge is 0.300 e. The summed E-state index contributed by atoms with van der Waals surface area (Å²) in [7, 11) is 0. The molecule has 146 valence electrons. The van der Waals surface area contributed by atoms with Crippen LogP contribution in [0.4, 0.5) is 6.01 Å². The minimum atomic E-state index is 0.173. The van der Waals surface area contributed by atoms with E-state index in [0.29, 0.717) is 55.8 Å². The summed E-state index contributed by atoms with van der Waals surface area (Å²) in [6.45, 7) is 9.10. The Balaban J connectivity index is 1.35. The van der Waals surface area contributed by atoms with Crippen molar-refractivity contribution in [2.45, 2.75) is 33.1 Å². The average molecular weight is 378 g/mol. The lowest BCUT2D eigenvalue weighted by Crippen LogP contribution is -2.49. The number of fused-ring (bicyclic) bond motifs is 1. The minimum Gasteiger partial charge on any atom is -0.422 e. The maximum absolute atomic E-state index is 12.7. The average Bonchev–Trinajstić information content (AvgIpc) is 3.11. The van der Waals surface area contributed by atoms with Crippen molar-refractivity contribution in [3.05, 3.63) is 53.2 Å². The van der Waals surface area contributed by atoms with Gasteiger partial charge in [-0.1, -0.05) is 38.1 Å². The van der Waals surface area contributed by atoms with Crippen LogP contribution < -0.4 is 4.90 Å². The number of pyridine rings is 1. The molecule has 0 radical (unpaired) electrons. The highest BCUT2D eigenvalue weighted by molar-refractivity contribution is 5.79. The van der Waals surface area contributed by atoms with Gasteiger partial charge in [-0.25, -0.2) is 4.98 Å². The van der Waals surface area contributed by atoms with Crippen molar-refractivity contribution >= 4 is 23.2 Å². The first kappa shape index (κ1) is 18.5. The van der Waals surface area contributed by atoms with Crippen molar-refractivity contribution in [1.82, 2.24) is 14.9 Å². The molecule has 1 fully saturated rings. The van der Waals surface area contributed by atoms with Gasteiger partial charge in [0.25, 0.3) is 6.01 Å². The highest BCUT2D eigenvalue weighted by Gasteiger charge is 2.24. The number of amides is 1. The van der Waals surface area contributed by atoms with Gasteiger partial charge in [0.1, 0.15) is 0 Å². The van der Waals surface area contributed by atoms with Gasteiger partial charge in [-0.3, -0.25) is 4.79 Å². The van der Waals surface area contributed by atoms with Gasteiger partial charge in [0.15, 0.2) is 5.58 Å². The summed E-state index contributed by atoms with van der Waals surface area (Å²) in [4.78, 5) is 25.5. The number of carbonyl (C=O) groups is 1. The number of aryl methyl sites for hydroxylation is 1. The third-order valence-electron chi connectivity index (χ3n) is 5.28. The zero-order valence-corrected chi connectivity index (χ0v) is 16.7. The van der Waals surface area contributed by atoms with E-state index in [9.17, 15) is 4.79 Å². The van der Waals surface area contributed by atoms with E-state index in [2.05, 4.69) is 53.0 Å². The number of nitrogens with zero attached hydrogens (tertiary/aromatic N) is 4. The van der Waals surface area contributed by atoms with Gasteiger partial charge in [-0.15, -0.1) is 0 Å². The molecule has 6 nitrogen and oxygen atoms in total. The maximum atomic E-state index is 12.7. The topological polar surface area (TPSA) is 62.5 Å². The molecule has 3 heterocycles. The molecule has 0 aliphatic carbocycles. The van der Waals surface area contributed by atoms with E-state index in [0.717, 1.165) is 11.1 Å². The molecule has 1 amide bonds. The van der Waals surface area contributed by atoms with Crippen molar-refractivity contribution < 1.29 is 9.21 Å². The fraction of sp³-hybridized carbons (Fsp3) is 0.409. The molecule has 3 aromatic rings. The van der Waals surface area contributed by atoms with Gasteiger partial charge < -0.3 is 14.2 Å². The second-order valence-electron chi connectivity index (χ2n) is 7.77. The zero-order chi connectivity index (χ0) is 19.7. The van der Waals surface area contributed by atoms with Crippen molar-refractivity contribution in [2.75, 3.05) is 31.1 Å². The van der Waals surface area contributed by atoms with Gasteiger partial charge in [0, 0.05) is 32.4 Å². The van der Waals surface area contributed by atoms with Crippen LogP contribution in [0.25, 0.3) is 11.2 Å². The SMILES string of the molecule is Cc1cnc2nc(N3CCN(C(=O)Cc4ccc(C(C)C)cc4)CC3)oc2c1. The van der Waals surface area contributed by atoms with E-state index in [1.165, 1.54) is 5.56 Å². The van der Waals surface area contributed by atoms with Crippen LogP contribution in [0.15, 0.2) is 40.9 Å². The third-order valence-corrected chi connectivity index (χ3v) is 5.28. The Kier molecular flexibility index (Phi) is 5.03. The van der Waals surface area contributed by atoms with Crippen LogP contribution in [0.1, 0.15) is 36.5 Å².